The minimum Gasteiger partial charge on any atom is -0.365 e. The van der Waals surface area contributed by atoms with Crippen LogP contribution in [0.3, 0.4) is 0 Å². The van der Waals surface area contributed by atoms with E-state index in [-0.39, 0.29) is 29.4 Å². The van der Waals surface area contributed by atoms with Gasteiger partial charge >= 0.3 is 0 Å². The Labute approximate surface area is 180 Å². The molecule has 158 valence electrons. The van der Waals surface area contributed by atoms with Crippen molar-refractivity contribution in [2.45, 2.75) is 38.3 Å². The molecule has 7 heteroatoms. The van der Waals surface area contributed by atoms with Crippen molar-refractivity contribution in [1.82, 2.24) is 19.9 Å². The lowest BCUT2D eigenvalue weighted by Gasteiger charge is -2.50. The molecule has 3 unspecified atom stereocenters. The van der Waals surface area contributed by atoms with Crippen LogP contribution >= 0.6 is 0 Å². The summed E-state index contributed by atoms with van der Waals surface area (Å²) >= 11 is 0. The van der Waals surface area contributed by atoms with E-state index >= 15 is 0 Å². The second-order valence-electron chi connectivity index (χ2n) is 8.41. The second-order valence-corrected chi connectivity index (χ2v) is 8.41. The van der Waals surface area contributed by atoms with Crippen molar-refractivity contribution >= 4 is 11.7 Å². The van der Waals surface area contributed by atoms with Gasteiger partial charge in [-0.3, -0.25) is 14.8 Å². The van der Waals surface area contributed by atoms with E-state index in [4.69, 9.17) is 0 Å². The number of carbonyl (C=O) groups is 1. The molecule has 31 heavy (non-hydrogen) atoms. The van der Waals surface area contributed by atoms with Crippen LogP contribution in [0.25, 0.3) is 11.3 Å². The zero-order valence-electron chi connectivity index (χ0n) is 17.3. The van der Waals surface area contributed by atoms with Gasteiger partial charge in [-0.1, -0.05) is 6.07 Å². The monoisotopic (exact) mass is 417 g/mol. The van der Waals surface area contributed by atoms with Gasteiger partial charge in [0.25, 0.3) is 5.91 Å². The number of piperidine rings is 2. The van der Waals surface area contributed by atoms with Crippen molar-refractivity contribution in [2.75, 3.05) is 11.9 Å². The van der Waals surface area contributed by atoms with Crippen molar-refractivity contribution in [2.24, 2.45) is 5.92 Å². The predicted molar refractivity (Wildman–Crippen MR) is 116 cm³/mol. The summed E-state index contributed by atoms with van der Waals surface area (Å²) in [4.78, 5) is 28.5. The van der Waals surface area contributed by atoms with Crippen molar-refractivity contribution in [3.05, 3.63) is 72.1 Å². The average molecular weight is 417 g/mol. The lowest BCUT2D eigenvalue weighted by atomic mass is 9.76. The van der Waals surface area contributed by atoms with Crippen LogP contribution in [0.2, 0.25) is 0 Å². The number of aromatic nitrogens is 3. The maximum Gasteiger partial charge on any atom is 0.273 e. The second kappa shape index (κ2) is 8.06. The standard InChI is InChI=1S/C24H24FN5O/c1-15-6-9-21(28-13-15)29-19-12-16-7-8-20(19)30(14-16)24(31)23-17(4-2-10-27-23)22-18(25)5-3-11-26-22/h2-6,9-11,13,16,19-20H,7-8,12,14H2,1H3,(H,28,29). The molecule has 3 aromatic heterocycles. The van der Waals surface area contributed by atoms with Gasteiger partial charge in [0.1, 0.15) is 23.0 Å². The highest BCUT2D eigenvalue weighted by molar-refractivity contribution is 5.99. The Morgan fingerprint density at radius 1 is 1.10 bits per heavy atom. The molecule has 5 heterocycles. The number of carbonyl (C=O) groups excluding carboxylic acids is 1. The van der Waals surface area contributed by atoms with Crippen LogP contribution in [0.1, 0.15) is 35.3 Å². The molecule has 3 fully saturated rings. The molecule has 2 saturated heterocycles. The van der Waals surface area contributed by atoms with E-state index in [0.29, 0.717) is 18.0 Å². The number of aryl methyl sites for hydroxylation is 1. The number of nitrogens with zero attached hydrogens (tertiary/aromatic N) is 4. The largest absolute Gasteiger partial charge is 0.365 e. The van der Waals surface area contributed by atoms with Crippen LogP contribution in [-0.2, 0) is 0 Å². The molecule has 2 bridgehead atoms. The number of fused-ring (bicyclic) bond motifs is 3. The summed E-state index contributed by atoms with van der Waals surface area (Å²) < 4.78 is 14.4. The number of nitrogens with one attached hydrogen (secondary N) is 1. The SMILES string of the molecule is Cc1ccc(NC2CC3CCC2N(C(=O)c2ncccc2-c2ncccc2F)C3)nc1. The maximum atomic E-state index is 14.4. The summed E-state index contributed by atoms with van der Waals surface area (Å²) in [6.07, 6.45) is 7.99. The number of anilines is 1. The topological polar surface area (TPSA) is 71.0 Å². The first kappa shape index (κ1) is 19.6. The molecule has 0 aromatic carbocycles. The summed E-state index contributed by atoms with van der Waals surface area (Å²) in [6.45, 7) is 2.71. The third kappa shape index (κ3) is 3.76. The molecular formula is C24H24FN5O. The molecule has 6 rings (SSSR count). The van der Waals surface area contributed by atoms with E-state index in [9.17, 15) is 9.18 Å². The Hall–Kier alpha value is -3.35. The molecule has 0 spiro atoms. The Morgan fingerprint density at radius 3 is 2.71 bits per heavy atom. The van der Waals surface area contributed by atoms with Gasteiger partial charge in [-0.05, 0) is 68.0 Å². The van der Waals surface area contributed by atoms with Gasteiger partial charge in [0.05, 0.1) is 6.04 Å². The van der Waals surface area contributed by atoms with Gasteiger partial charge in [0.2, 0.25) is 0 Å². The number of hydrogen-bond acceptors (Lipinski definition) is 5. The average Bonchev–Trinajstić information content (AvgIpc) is 2.81. The highest BCUT2D eigenvalue weighted by Crippen LogP contribution is 2.38. The minimum absolute atomic E-state index is 0.0454. The first-order valence-corrected chi connectivity index (χ1v) is 10.7. The van der Waals surface area contributed by atoms with E-state index in [0.717, 1.165) is 30.6 Å². The Balaban J connectivity index is 1.44. The number of amides is 1. The minimum atomic E-state index is -0.463. The van der Waals surface area contributed by atoms with Crippen molar-refractivity contribution in [3.63, 3.8) is 0 Å². The fourth-order valence-electron chi connectivity index (χ4n) is 4.81. The highest BCUT2D eigenvalue weighted by Gasteiger charge is 2.44. The van der Waals surface area contributed by atoms with Crippen LogP contribution in [0.4, 0.5) is 10.2 Å². The van der Waals surface area contributed by atoms with Crippen molar-refractivity contribution in [3.8, 4) is 11.3 Å². The Bertz CT molecular complexity index is 1100. The third-order valence-corrected chi connectivity index (χ3v) is 6.31. The van der Waals surface area contributed by atoms with Crippen LogP contribution in [0.15, 0.2) is 55.0 Å². The molecule has 2 aliphatic heterocycles. The molecule has 0 radical (unpaired) electrons. The van der Waals surface area contributed by atoms with Crippen molar-refractivity contribution < 1.29 is 9.18 Å². The van der Waals surface area contributed by atoms with Gasteiger partial charge in [0.15, 0.2) is 0 Å². The van der Waals surface area contributed by atoms with Crippen LogP contribution < -0.4 is 5.32 Å². The maximum absolute atomic E-state index is 14.4. The van der Waals surface area contributed by atoms with E-state index in [1.807, 2.05) is 30.2 Å². The lowest BCUT2D eigenvalue weighted by molar-refractivity contribution is 0.0277. The molecular weight excluding hydrogens is 393 g/mol. The summed E-state index contributed by atoms with van der Waals surface area (Å²) in [5, 5.41) is 3.53. The smallest absolute Gasteiger partial charge is 0.273 e. The molecule has 1 saturated carbocycles. The summed E-state index contributed by atoms with van der Waals surface area (Å²) in [7, 11) is 0. The fourth-order valence-corrected chi connectivity index (χ4v) is 4.81. The van der Waals surface area contributed by atoms with Crippen LogP contribution in [0.5, 0.6) is 0 Å². The Kier molecular flexibility index (Phi) is 5.10. The number of hydrogen-bond donors (Lipinski definition) is 1. The van der Waals surface area contributed by atoms with E-state index in [1.54, 1.807) is 18.3 Å². The van der Waals surface area contributed by atoms with Gasteiger partial charge < -0.3 is 10.2 Å². The van der Waals surface area contributed by atoms with E-state index < -0.39 is 5.82 Å². The van der Waals surface area contributed by atoms with E-state index in [2.05, 4.69) is 20.3 Å². The molecule has 1 aliphatic carbocycles. The normalized spacial score (nSPS) is 22.4. The zero-order valence-corrected chi connectivity index (χ0v) is 17.3. The lowest BCUT2D eigenvalue weighted by Crippen LogP contribution is -2.60. The molecule has 1 amide bonds. The summed E-state index contributed by atoms with van der Waals surface area (Å²) in [5.74, 6) is 0.619. The van der Waals surface area contributed by atoms with Crippen LogP contribution in [-0.4, -0.2) is 44.4 Å². The van der Waals surface area contributed by atoms with Gasteiger partial charge in [-0.25, -0.2) is 9.37 Å². The number of pyridine rings is 3. The number of rotatable bonds is 4. The third-order valence-electron chi connectivity index (χ3n) is 6.31. The molecule has 3 aromatic rings. The van der Waals surface area contributed by atoms with E-state index in [1.165, 1.54) is 18.3 Å². The Morgan fingerprint density at radius 2 is 1.94 bits per heavy atom. The summed E-state index contributed by atoms with van der Waals surface area (Å²) in [6, 6.07) is 10.5. The zero-order chi connectivity index (χ0) is 21.4. The molecule has 6 nitrogen and oxygen atoms in total. The molecule has 1 N–H and O–H groups in total. The number of halogens is 1. The first-order valence-electron chi connectivity index (χ1n) is 10.7. The molecule has 3 aliphatic rings. The quantitative estimate of drug-likeness (QED) is 0.692. The van der Waals surface area contributed by atoms with Crippen LogP contribution in [0, 0.1) is 18.7 Å². The first-order chi connectivity index (χ1) is 15.1. The predicted octanol–water partition coefficient (Wildman–Crippen LogP) is 4.09. The molecule has 3 atom stereocenters. The summed E-state index contributed by atoms with van der Waals surface area (Å²) in [5.41, 5.74) is 1.94. The fraction of sp³-hybridized carbons (Fsp3) is 0.333. The van der Waals surface area contributed by atoms with Crippen molar-refractivity contribution in [1.29, 1.82) is 0 Å². The van der Waals surface area contributed by atoms with Gasteiger partial charge in [-0.2, -0.15) is 0 Å². The van der Waals surface area contributed by atoms with Gasteiger partial charge in [-0.15, -0.1) is 0 Å². The van der Waals surface area contributed by atoms with Gasteiger partial charge in [0, 0.05) is 36.7 Å². The highest BCUT2D eigenvalue weighted by atomic mass is 19.1.